The summed E-state index contributed by atoms with van der Waals surface area (Å²) in [6.45, 7) is 7.86. The number of hydrogen-bond acceptors (Lipinski definition) is 3. The zero-order valence-corrected chi connectivity index (χ0v) is 11.6. The second kappa shape index (κ2) is 5.83. The van der Waals surface area contributed by atoms with Gasteiger partial charge in [-0.05, 0) is 38.3 Å². The van der Waals surface area contributed by atoms with Crippen molar-refractivity contribution in [3.05, 3.63) is 0 Å². The predicted molar refractivity (Wildman–Crippen MR) is 68.9 cm³/mol. The van der Waals surface area contributed by atoms with Crippen molar-refractivity contribution in [2.45, 2.75) is 38.6 Å². The molecule has 1 saturated carbocycles. The van der Waals surface area contributed by atoms with Gasteiger partial charge in [-0.15, -0.1) is 0 Å². The first-order valence-corrected chi connectivity index (χ1v) is 6.32. The fraction of sp³-hybridized carbons (Fsp3) is 0.923. The van der Waals surface area contributed by atoms with Gasteiger partial charge in [0.1, 0.15) is 0 Å². The molecule has 0 aromatic heterocycles. The van der Waals surface area contributed by atoms with E-state index in [0.29, 0.717) is 12.0 Å². The van der Waals surface area contributed by atoms with Crippen molar-refractivity contribution in [2.75, 3.05) is 33.9 Å². The van der Waals surface area contributed by atoms with E-state index in [1.165, 1.54) is 19.5 Å². The molecule has 1 aliphatic carbocycles. The van der Waals surface area contributed by atoms with E-state index in [0.717, 1.165) is 19.3 Å². The van der Waals surface area contributed by atoms with Gasteiger partial charge in [-0.25, -0.2) is 0 Å². The highest BCUT2D eigenvalue weighted by Gasteiger charge is 2.42. The molecule has 4 heteroatoms. The van der Waals surface area contributed by atoms with Gasteiger partial charge in [0.15, 0.2) is 0 Å². The quantitative estimate of drug-likeness (QED) is 0.755. The fourth-order valence-corrected chi connectivity index (χ4v) is 2.26. The summed E-state index contributed by atoms with van der Waals surface area (Å²) in [5.41, 5.74) is 0.602. The summed E-state index contributed by atoms with van der Waals surface area (Å²) in [6.07, 6.45) is 4.22. The van der Waals surface area contributed by atoms with Crippen LogP contribution >= 0.6 is 0 Å². The van der Waals surface area contributed by atoms with Crippen LogP contribution < -0.4 is 5.32 Å². The molecule has 0 bridgehead atoms. The third-order valence-corrected chi connectivity index (χ3v) is 3.51. The van der Waals surface area contributed by atoms with Crippen molar-refractivity contribution in [3.8, 4) is 0 Å². The number of nitrogens with zero attached hydrogens (tertiary/aromatic N) is 1. The third-order valence-electron chi connectivity index (χ3n) is 3.51. The van der Waals surface area contributed by atoms with E-state index in [1.807, 2.05) is 0 Å². The van der Waals surface area contributed by atoms with Crippen LogP contribution in [0.2, 0.25) is 0 Å². The first-order valence-electron chi connectivity index (χ1n) is 6.32. The molecule has 0 aromatic carbocycles. The van der Waals surface area contributed by atoms with Gasteiger partial charge in [-0.1, -0.05) is 13.8 Å². The van der Waals surface area contributed by atoms with Gasteiger partial charge in [0, 0.05) is 13.7 Å². The third kappa shape index (κ3) is 5.04. The van der Waals surface area contributed by atoms with E-state index >= 15 is 0 Å². The molecule has 17 heavy (non-hydrogen) atoms. The summed E-state index contributed by atoms with van der Waals surface area (Å²) >= 11 is 0. The molecule has 1 saturated heterocycles. The van der Waals surface area contributed by atoms with Gasteiger partial charge in [-0.3, -0.25) is 4.79 Å². The molecular weight excluding hydrogens is 216 g/mol. The SMILES string of the molecule is CN1CCC(C)(C)C1.COCC1(NC=O)CC1. The molecule has 100 valence electrons. The second-order valence-corrected chi connectivity index (χ2v) is 6.13. The molecule has 0 unspecified atom stereocenters. The topological polar surface area (TPSA) is 41.6 Å². The number of rotatable bonds is 4. The van der Waals surface area contributed by atoms with Crippen molar-refractivity contribution < 1.29 is 9.53 Å². The highest BCUT2D eigenvalue weighted by molar-refractivity contribution is 5.49. The summed E-state index contributed by atoms with van der Waals surface area (Å²) < 4.78 is 4.90. The minimum absolute atomic E-state index is 0.0104. The minimum atomic E-state index is 0.0104. The monoisotopic (exact) mass is 242 g/mol. The molecule has 4 nitrogen and oxygen atoms in total. The van der Waals surface area contributed by atoms with Gasteiger partial charge >= 0.3 is 0 Å². The average Bonchev–Trinajstić information content (AvgIpc) is 2.89. The lowest BCUT2D eigenvalue weighted by Crippen LogP contribution is -2.34. The predicted octanol–water partition coefficient (Wildman–Crippen LogP) is 1.26. The number of methoxy groups -OCH3 is 1. The van der Waals surface area contributed by atoms with E-state index in [2.05, 4.69) is 31.1 Å². The van der Waals surface area contributed by atoms with Crippen LogP contribution in [-0.4, -0.2) is 50.7 Å². The largest absolute Gasteiger partial charge is 0.382 e. The van der Waals surface area contributed by atoms with E-state index in [-0.39, 0.29) is 5.54 Å². The maximum atomic E-state index is 9.97. The lowest BCUT2D eigenvalue weighted by Gasteiger charge is -2.15. The number of likely N-dealkylation sites (tertiary alicyclic amines) is 1. The van der Waals surface area contributed by atoms with Crippen molar-refractivity contribution in [3.63, 3.8) is 0 Å². The summed E-state index contributed by atoms with van der Waals surface area (Å²) in [7, 11) is 3.83. The fourth-order valence-electron chi connectivity index (χ4n) is 2.26. The van der Waals surface area contributed by atoms with Crippen LogP contribution in [0.5, 0.6) is 0 Å². The summed E-state index contributed by atoms with van der Waals surface area (Å²) in [5, 5.41) is 2.73. The Morgan fingerprint density at radius 3 is 2.24 bits per heavy atom. The first-order chi connectivity index (χ1) is 7.93. The molecule has 0 aromatic rings. The Bertz CT molecular complexity index is 250. The molecule has 0 atom stereocenters. The van der Waals surface area contributed by atoms with Crippen LogP contribution in [0.1, 0.15) is 33.1 Å². The van der Waals surface area contributed by atoms with Crippen molar-refractivity contribution >= 4 is 6.41 Å². The number of ether oxygens (including phenoxy) is 1. The van der Waals surface area contributed by atoms with E-state index in [4.69, 9.17) is 4.74 Å². The zero-order chi connectivity index (χ0) is 12.9. The van der Waals surface area contributed by atoms with Gasteiger partial charge < -0.3 is 15.0 Å². The Morgan fingerprint density at radius 2 is 2.00 bits per heavy atom. The first kappa shape index (κ1) is 14.5. The Balaban J connectivity index is 0.000000171. The maximum absolute atomic E-state index is 9.97. The number of hydrogen-bond donors (Lipinski definition) is 1. The molecule has 1 amide bonds. The van der Waals surface area contributed by atoms with Gasteiger partial charge in [0.25, 0.3) is 0 Å². The molecule has 0 radical (unpaired) electrons. The molecule has 2 aliphatic rings. The van der Waals surface area contributed by atoms with Crippen LogP contribution in [0.15, 0.2) is 0 Å². The summed E-state index contributed by atoms with van der Waals surface area (Å²) in [4.78, 5) is 12.4. The van der Waals surface area contributed by atoms with E-state index < -0.39 is 0 Å². The lowest BCUT2D eigenvalue weighted by molar-refractivity contribution is -0.110. The highest BCUT2D eigenvalue weighted by atomic mass is 16.5. The van der Waals surface area contributed by atoms with E-state index in [1.54, 1.807) is 7.11 Å². The van der Waals surface area contributed by atoms with Gasteiger partial charge in [0.05, 0.1) is 12.1 Å². The number of nitrogens with one attached hydrogen (secondary N) is 1. The highest BCUT2D eigenvalue weighted by Crippen LogP contribution is 2.34. The smallest absolute Gasteiger partial charge is 0.207 e. The van der Waals surface area contributed by atoms with Crippen LogP contribution in [0, 0.1) is 5.41 Å². The second-order valence-electron chi connectivity index (χ2n) is 6.13. The number of amides is 1. The average molecular weight is 242 g/mol. The molecule has 1 N–H and O–H groups in total. The standard InChI is InChI=1S/C7H15N.C6H11NO2/c1-7(2)4-5-8(3)6-7;1-9-4-6(2-3-6)7-5-8/h4-6H2,1-3H3;5H,2-4H2,1H3,(H,7,8). The summed E-state index contributed by atoms with van der Waals surface area (Å²) in [5.74, 6) is 0. The normalized spacial score (nSPS) is 24.7. The molecule has 1 aliphatic heterocycles. The molecule has 0 spiro atoms. The molecule has 2 fully saturated rings. The van der Waals surface area contributed by atoms with Gasteiger partial charge in [0.2, 0.25) is 6.41 Å². The Morgan fingerprint density at radius 1 is 1.35 bits per heavy atom. The van der Waals surface area contributed by atoms with Crippen LogP contribution in [0.4, 0.5) is 0 Å². The minimum Gasteiger partial charge on any atom is -0.382 e. The lowest BCUT2D eigenvalue weighted by atomic mass is 9.93. The Hall–Kier alpha value is -0.610. The molecule has 2 rings (SSSR count). The van der Waals surface area contributed by atoms with Crippen molar-refractivity contribution in [1.29, 1.82) is 0 Å². The summed E-state index contributed by atoms with van der Waals surface area (Å²) in [6, 6.07) is 0. The zero-order valence-electron chi connectivity index (χ0n) is 11.6. The van der Waals surface area contributed by atoms with Crippen molar-refractivity contribution in [1.82, 2.24) is 10.2 Å². The van der Waals surface area contributed by atoms with Crippen LogP contribution in [0.25, 0.3) is 0 Å². The van der Waals surface area contributed by atoms with Crippen LogP contribution in [0.3, 0.4) is 0 Å². The molecular formula is C13H26N2O2. The van der Waals surface area contributed by atoms with Crippen molar-refractivity contribution in [2.24, 2.45) is 5.41 Å². The van der Waals surface area contributed by atoms with Gasteiger partial charge in [-0.2, -0.15) is 0 Å². The Kier molecular flexibility index (Phi) is 4.95. The maximum Gasteiger partial charge on any atom is 0.207 e. The van der Waals surface area contributed by atoms with Crippen LogP contribution in [-0.2, 0) is 9.53 Å². The molecule has 1 heterocycles. The number of carbonyl (C=O) groups excluding carboxylic acids is 1. The number of carbonyl (C=O) groups is 1. The Labute approximate surface area is 105 Å². The van der Waals surface area contributed by atoms with E-state index in [9.17, 15) is 4.79 Å².